The lowest BCUT2D eigenvalue weighted by molar-refractivity contribution is -0.159. The van der Waals surface area contributed by atoms with E-state index in [1.54, 1.807) is 31.2 Å². The normalized spacial score (nSPS) is 22.4. The van der Waals surface area contributed by atoms with Gasteiger partial charge in [0.25, 0.3) is 5.91 Å². The van der Waals surface area contributed by atoms with Crippen LogP contribution in [0, 0.1) is 5.41 Å². The first-order chi connectivity index (χ1) is 9.15. The van der Waals surface area contributed by atoms with Crippen LogP contribution in [-0.2, 0) is 19.1 Å². The number of carbonyl (C=O) groups is 3. The monoisotopic (exact) mass is 261 g/mol. The molecule has 100 valence electrons. The first kappa shape index (κ1) is 13.3. The highest BCUT2D eigenvalue weighted by molar-refractivity contribution is 6.21. The van der Waals surface area contributed by atoms with Gasteiger partial charge < -0.3 is 14.4 Å². The maximum atomic E-state index is 12.4. The Bertz CT molecular complexity index is 499. The summed E-state index contributed by atoms with van der Waals surface area (Å²) in [7, 11) is 0. The molecule has 0 spiro atoms. The number of amides is 1. The summed E-state index contributed by atoms with van der Waals surface area (Å²) in [5, 5.41) is 0. The van der Waals surface area contributed by atoms with Gasteiger partial charge in [0.15, 0.2) is 0 Å². The Hall–Kier alpha value is -2.17. The van der Waals surface area contributed by atoms with Gasteiger partial charge in [-0.05, 0) is 25.5 Å². The van der Waals surface area contributed by atoms with Crippen LogP contribution in [0.4, 0.5) is 5.69 Å². The maximum Gasteiger partial charge on any atom is 0.329 e. The van der Waals surface area contributed by atoms with Crippen molar-refractivity contribution in [3.63, 3.8) is 0 Å². The minimum absolute atomic E-state index is 0.146. The summed E-state index contributed by atoms with van der Waals surface area (Å²) in [6, 6.07) is 8.97. The standard InChI is InChI=1S/C14H15NO4/c1-2-19-13(18)14(10-16)8-9-15(12(14)17)11-6-4-3-5-7-11/h3-7,10H,2,8-9H2,1H3. The third-order valence-electron chi connectivity index (χ3n) is 3.27. The van der Waals surface area contributed by atoms with Crippen molar-refractivity contribution >= 4 is 23.9 Å². The Balaban J connectivity index is 2.30. The largest absolute Gasteiger partial charge is 0.465 e. The zero-order valence-corrected chi connectivity index (χ0v) is 10.7. The summed E-state index contributed by atoms with van der Waals surface area (Å²) in [5.74, 6) is -1.26. The first-order valence-electron chi connectivity index (χ1n) is 6.16. The van der Waals surface area contributed by atoms with Gasteiger partial charge in [0, 0.05) is 12.2 Å². The summed E-state index contributed by atoms with van der Waals surface area (Å²) in [5.41, 5.74) is -0.994. The van der Waals surface area contributed by atoms with Crippen molar-refractivity contribution < 1.29 is 19.1 Å². The average Bonchev–Trinajstić information content (AvgIpc) is 2.78. The summed E-state index contributed by atoms with van der Waals surface area (Å²) in [6.07, 6.45) is 0.569. The van der Waals surface area contributed by atoms with Crippen LogP contribution in [0.1, 0.15) is 13.3 Å². The molecule has 1 aliphatic heterocycles. The molecule has 0 aromatic heterocycles. The molecule has 1 fully saturated rings. The fourth-order valence-corrected chi connectivity index (χ4v) is 2.20. The Morgan fingerprint density at radius 1 is 1.42 bits per heavy atom. The van der Waals surface area contributed by atoms with Gasteiger partial charge in [-0.1, -0.05) is 18.2 Å². The molecule has 1 atom stereocenters. The van der Waals surface area contributed by atoms with Gasteiger partial charge in [0.05, 0.1) is 6.61 Å². The average molecular weight is 261 g/mol. The minimum Gasteiger partial charge on any atom is -0.465 e. The minimum atomic E-state index is -1.67. The second kappa shape index (κ2) is 5.22. The van der Waals surface area contributed by atoms with Crippen molar-refractivity contribution in [3.8, 4) is 0 Å². The number of carbonyl (C=O) groups excluding carboxylic acids is 3. The molecule has 1 saturated heterocycles. The fourth-order valence-electron chi connectivity index (χ4n) is 2.20. The van der Waals surface area contributed by atoms with E-state index >= 15 is 0 Å². The predicted molar refractivity (Wildman–Crippen MR) is 68.5 cm³/mol. The Kier molecular flexibility index (Phi) is 3.64. The molecular formula is C14H15NO4. The van der Waals surface area contributed by atoms with E-state index in [-0.39, 0.29) is 13.0 Å². The number of ether oxygens (including phenoxy) is 1. The Morgan fingerprint density at radius 3 is 2.68 bits per heavy atom. The summed E-state index contributed by atoms with van der Waals surface area (Å²) in [6.45, 7) is 2.12. The molecule has 1 aromatic rings. The van der Waals surface area contributed by atoms with Gasteiger partial charge in [-0.3, -0.25) is 9.59 Å². The van der Waals surface area contributed by atoms with Crippen molar-refractivity contribution in [3.05, 3.63) is 30.3 Å². The van der Waals surface area contributed by atoms with Crippen LogP contribution in [-0.4, -0.2) is 31.3 Å². The molecule has 1 aliphatic rings. The highest BCUT2D eigenvalue weighted by Crippen LogP contribution is 2.34. The van der Waals surface area contributed by atoms with Crippen LogP contribution in [0.2, 0.25) is 0 Å². The van der Waals surface area contributed by atoms with Crippen molar-refractivity contribution in [2.45, 2.75) is 13.3 Å². The van der Waals surface area contributed by atoms with Crippen LogP contribution in [0.3, 0.4) is 0 Å². The molecule has 0 N–H and O–H groups in total. The van der Waals surface area contributed by atoms with Gasteiger partial charge in [-0.25, -0.2) is 0 Å². The van der Waals surface area contributed by atoms with Crippen molar-refractivity contribution in [2.75, 3.05) is 18.1 Å². The molecule has 1 aromatic carbocycles. The fraction of sp³-hybridized carbons (Fsp3) is 0.357. The number of para-hydroxylation sites is 1. The van der Waals surface area contributed by atoms with Crippen LogP contribution < -0.4 is 4.90 Å². The molecule has 1 amide bonds. The molecule has 1 heterocycles. The molecule has 0 aliphatic carbocycles. The zero-order valence-electron chi connectivity index (χ0n) is 10.7. The second-order valence-electron chi connectivity index (χ2n) is 4.35. The summed E-state index contributed by atoms with van der Waals surface area (Å²) < 4.78 is 4.86. The number of anilines is 1. The summed E-state index contributed by atoms with van der Waals surface area (Å²) >= 11 is 0. The molecule has 2 rings (SSSR count). The topological polar surface area (TPSA) is 63.7 Å². The van der Waals surface area contributed by atoms with Gasteiger partial charge in [0.1, 0.15) is 6.29 Å². The lowest BCUT2D eigenvalue weighted by Crippen LogP contribution is -2.43. The molecule has 5 nitrogen and oxygen atoms in total. The van der Waals surface area contributed by atoms with Crippen molar-refractivity contribution in [1.82, 2.24) is 0 Å². The lowest BCUT2D eigenvalue weighted by atomic mass is 9.88. The molecule has 0 bridgehead atoms. The SMILES string of the molecule is CCOC(=O)C1(C=O)CCN(c2ccccc2)C1=O. The number of rotatable bonds is 4. The van der Waals surface area contributed by atoms with E-state index in [1.165, 1.54) is 4.90 Å². The van der Waals surface area contributed by atoms with Gasteiger partial charge in [0.2, 0.25) is 5.41 Å². The molecule has 5 heteroatoms. The van der Waals surface area contributed by atoms with Crippen LogP contribution in [0.25, 0.3) is 0 Å². The van der Waals surface area contributed by atoms with E-state index in [0.717, 1.165) is 0 Å². The highest BCUT2D eigenvalue weighted by Gasteiger charge is 2.54. The van der Waals surface area contributed by atoms with E-state index in [0.29, 0.717) is 18.5 Å². The third-order valence-corrected chi connectivity index (χ3v) is 3.27. The molecular weight excluding hydrogens is 246 g/mol. The Morgan fingerprint density at radius 2 is 2.11 bits per heavy atom. The van der Waals surface area contributed by atoms with Crippen molar-refractivity contribution in [2.24, 2.45) is 5.41 Å². The number of aldehydes is 1. The molecule has 19 heavy (non-hydrogen) atoms. The van der Waals surface area contributed by atoms with Gasteiger partial charge in [-0.2, -0.15) is 0 Å². The summed E-state index contributed by atoms with van der Waals surface area (Å²) in [4.78, 5) is 37.0. The van der Waals surface area contributed by atoms with Crippen molar-refractivity contribution in [1.29, 1.82) is 0 Å². The van der Waals surface area contributed by atoms with E-state index in [1.807, 2.05) is 6.07 Å². The zero-order chi connectivity index (χ0) is 13.9. The predicted octanol–water partition coefficient (Wildman–Crippen LogP) is 1.17. The lowest BCUT2D eigenvalue weighted by Gasteiger charge is -2.20. The van der Waals surface area contributed by atoms with Crippen LogP contribution >= 0.6 is 0 Å². The quantitative estimate of drug-likeness (QED) is 0.463. The maximum absolute atomic E-state index is 12.4. The van der Waals surface area contributed by atoms with Gasteiger partial charge >= 0.3 is 5.97 Å². The van der Waals surface area contributed by atoms with E-state index in [9.17, 15) is 14.4 Å². The highest BCUT2D eigenvalue weighted by atomic mass is 16.5. The smallest absolute Gasteiger partial charge is 0.329 e. The van der Waals surface area contributed by atoms with E-state index in [4.69, 9.17) is 4.74 Å². The van der Waals surface area contributed by atoms with E-state index in [2.05, 4.69) is 0 Å². The number of nitrogens with zero attached hydrogens (tertiary/aromatic N) is 1. The molecule has 1 unspecified atom stereocenters. The second-order valence-corrected chi connectivity index (χ2v) is 4.35. The number of esters is 1. The van der Waals surface area contributed by atoms with E-state index < -0.39 is 17.3 Å². The number of benzene rings is 1. The van der Waals surface area contributed by atoms with Crippen LogP contribution in [0.15, 0.2) is 30.3 Å². The number of hydrogen-bond acceptors (Lipinski definition) is 4. The molecule has 0 radical (unpaired) electrons. The number of hydrogen-bond donors (Lipinski definition) is 0. The first-order valence-corrected chi connectivity index (χ1v) is 6.16. The van der Waals surface area contributed by atoms with Gasteiger partial charge in [-0.15, -0.1) is 0 Å². The van der Waals surface area contributed by atoms with Crippen LogP contribution in [0.5, 0.6) is 0 Å². The molecule has 0 saturated carbocycles. The Labute approximate surface area is 111 Å². The third kappa shape index (κ3) is 2.12.